The van der Waals surface area contributed by atoms with E-state index >= 15 is 0 Å². The van der Waals surface area contributed by atoms with Crippen molar-refractivity contribution >= 4 is 5.91 Å². The Morgan fingerprint density at radius 1 is 1.43 bits per heavy atom. The summed E-state index contributed by atoms with van der Waals surface area (Å²) in [6.07, 6.45) is 7.17. The second-order valence-corrected chi connectivity index (χ2v) is 6.36. The zero-order valence-corrected chi connectivity index (χ0v) is 14.0. The van der Waals surface area contributed by atoms with Crippen LogP contribution in [0.2, 0.25) is 0 Å². The van der Waals surface area contributed by atoms with Crippen LogP contribution < -0.4 is 0 Å². The van der Waals surface area contributed by atoms with E-state index in [2.05, 4.69) is 29.0 Å². The fourth-order valence-corrected chi connectivity index (χ4v) is 3.12. The maximum atomic E-state index is 13.0. The number of carbonyl (C=O) groups excluding carboxylic acids is 1. The van der Waals surface area contributed by atoms with Gasteiger partial charge in [-0.2, -0.15) is 10.2 Å². The van der Waals surface area contributed by atoms with E-state index < -0.39 is 0 Å². The van der Waals surface area contributed by atoms with Gasteiger partial charge in [-0.25, -0.2) is 9.67 Å². The molecule has 7 nitrogen and oxygen atoms in total. The van der Waals surface area contributed by atoms with Gasteiger partial charge in [-0.05, 0) is 25.7 Å². The molecule has 0 radical (unpaired) electrons. The summed E-state index contributed by atoms with van der Waals surface area (Å²) in [6.45, 7) is 8.43. The van der Waals surface area contributed by atoms with E-state index in [0.29, 0.717) is 6.54 Å². The number of aryl methyl sites for hydroxylation is 1. The molecule has 23 heavy (non-hydrogen) atoms. The first-order valence-corrected chi connectivity index (χ1v) is 8.30. The van der Waals surface area contributed by atoms with Crippen molar-refractivity contribution in [2.75, 3.05) is 13.1 Å². The van der Waals surface area contributed by atoms with Crippen LogP contribution >= 0.6 is 0 Å². The molecule has 3 rings (SSSR count). The third kappa shape index (κ3) is 3.13. The molecule has 7 heteroatoms. The van der Waals surface area contributed by atoms with E-state index in [9.17, 15) is 4.79 Å². The normalized spacial score (nSPS) is 18.6. The van der Waals surface area contributed by atoms with Crippen molar-refractivity contribution in [1.29, 1.82) is 0 Å². The van der Waals surface area contributed by atoms with Crippen LogP contribution in [0.5, 0.6) is 0 Å². The summed E-state index contributed by atoms with van der Waals surface area (Å²) in [6, 6.07) is 0.207. The molecule has 0 unspecified atom stereocenters. The molecule has 0 N–H and O–H groups in total. The van der Waals surface area contributed by atoms with E-state index in [1.807, 2.05) is 27.4 Å². The Labute approximate surface area is 136 Å². The van der Waals surface area contributed by atoms with Crippen molar-refractivity contribution in [2.45, 2.75) is 52.1 Å². The molecular formula is C16H24N6O. The van der Waals surface area contributed by atoms with Gasteiger partial charge in [0.2, 0.25) is 0 Å². The molecule has 0 bridgehead atoms. The van der Waals surface area contributed by atoms with Crippen LogP contribution in [0.4, 0.5) is 0 Å². The predicted octanol–water partition coefficient (Wildman–Crippen LogP) is 2.10. The Balaban J connectivity index is 1.81. The van der Waals surface area contributed by atoms with Gasteiger partial charge >= 0.3 is 0 Å². The topological polar surface area (TPSA) is 68.8 Å². The van der Waals surface area contributed by atoms with Crippen LogP contribution in [-0.2, 0) is 6.54 Å². The third-order valence-corrected chi connectivity index (χ3v) is 4.39. The number of hydrogen-bond donors (Lipinski definition) is 0. The monoisotopic (exact) mass is 316 g/mol. The Morgan fingerprint density at radius 3 is 2.91 bits per heavy atom. The number of piperidine rings is 1. The lowest BCUT2D eigenvalue weighted by atomic mass is 10.0. The van der Waals surface area contributed by atoms with Crippen molar-refractivity contribution in [1.82, 2.24) is 29.4 Å². The van der Waals surface area contributed by atoms with Crippen molar-refractivity contribution in [3.63, 3.8) is 0 Å². The molecule has 3 heterocycles. The van der Waals surface area contributed by atoms with Crippen LogP contribution in [0, 0.1) is 0 Å². The first-order valence-electron chi connectivity index (χ1n) is 8.30. The van der Waals surface area contributed by atoms with Crippen molar-refractivity contribution in [3.8, 4) is 0 Å². The largest absolute Gasteiger partial charge is 0.336 e. The average molecular weight is 316 g/mol. The highest BCUT2D eigenvalue weighted by Gasteiger charge is 2.29. The predicted molar refractivity (Wildman–Crippen MR) is 86.2 cm³/mol. The second-order valence-electron chi connectivity index (χ2n) is 6.36. The van der Waals surface area contributed by atoms with Gasteiger partial charge in [0.05, 0.1) is 17.3 Å². The zero-order chi connectivity index (χ0) is 16.4. The number of hydrogen-bond acceptors (Lipinski definition) is 4. The molecule has 1 aliphatic rings. The van der Waals surface area contributed by atoms with Gasteiger partial charge in [0, 0.05) is 25.8 Å². The van der Waals surface area contributed by atoms with Gasteiger partial charge in [-0.1, -0.05) is 13.8 Å². The van der Waals surface area contributed by atoms with Crippen LogP contribution in [0.1, 0.15) is 61.6 Å². The number of aromatic nitrogens is 5. The summed E-state index contributed by atoms with van der Waals surface area (Å²) >= 11 is 0. The van der Waals surface area contributed by atoms with Gasteiger partial charge in [-0.15, -0.1) is 0 Å². The molecule has 0 saturated carbocycles. The summed E-state index contributed by atoms with van der Waals surface area (Å²) in [5.74, 6) is 0.316. The molecule has 0 spiro atoms. The summed E-state index contributed by atoms with van der Waals surface area (Å²) in [7, 11) is 0. The SMILES string of the molecule is CCn1cc(C(=O)N2CCC[C@@H](n3cncn3)C2)c(C(C)C)n1. The van der Waals surface area contributed by atoms with Crippen molar-refractivity contribution < 1.29 is 4.79 Å². The average Bonchev–Trinajstić information content (AvgIpc) is 3.23. The lowest BCUT2D eigenvalue weighted by molar-refractivity contribution is 0.0671. The number of amides is 1. The molecule has 2 aromatic rings. The van der Waals surface area contributed by atoms with E-state index in [1.165, 1.54) is 0 Å². The van der Waals surface area contributed by atoms with E-state index in [4.69, 9.17) is 0 Å². The summed E-state index contributed by atoms with van der Waals surface area (Å²) < 4.78 is 3.71. The lowest BCUT2D eigenvalue weighted by Gasteiger charge is -2.32. The quantitative estimate of drug-likeness (QED) is 0.866. The molecule has 1 aliphatic heterocycles. The van der Waals surface area contributed by atoms with Crippen LogP contribution in [0.3, 0.4) is 0 Å². The molecule has 1 amide bonds. The first-order chi connectivity index (χ1) is 11.1. The minimum atomic E-state index is 0.0817. The molecule has 2 aromatic heterocycles. The number of likely N-dealkylation sites (tertiary alicyclic amines) is 1. The molecule has 1 atom stereocenters. The Hall–Kier alpha value is -2.18. The summed E-state index contributed by atoms with van der Waals surface area (Å²) in [5.41, 5.74) is 1.63. The van der Waals surface area contributed by atoms with Crippen LogP contribution in [0.25, 0.3) is 0 Å². The smallest absolute Gasteiger partial charge is 0.257 e. The van der Waals surface area contributed by atoms with E-state index in [-0.39, 0.29) is 17.9 Å². The lowest BCUT2D eigenvalue weighted by Crippen LogP contribution is -2.41. The van der Waals surface area contributed by atoms with Crippen molar-refractivity contribution in [3.05, 3.63) is 30.1 Å². The fraction of sp³-hybridized carbons (Fsp3) is 0.625. The van der Waals surface area contributed by atoms with Crippen LogP contribution in [-0.4, -0.2) is 48.4 Å². The van der Waals surface area contributed by atoms with Crippen molar-refractivity contribution in [2.24, 2.45) is 0 Å². The second kappa shape index (κ2) is 6.52. The minimum Gasteiger partial charge on any atom is -0.336 e. The maximum absolute atomic E-state index is 13.0. The highest BCUT2D eigenvalue weighted by atomic mass is 16.2. The number of rotatable bonds is 4. The van der Waals surface area contributed by atoms with E-state index in [1.54, 1.807) is 12.7 Å². The zero-order valence-electron chi connectivity index (χ0n) is 14.0. The maximum Gasteiger partial charge on any atom is 0.257 e. The fourth-order valence-electron chi connectivity index (χ4n) is 3.12. The molecule has 124 valence electrons. The van der Waals surface area contributed by atoms with Gasteiger partial charge in [0.25, 0.3) is 5.91 Å². The summed E-state index contributed by atoms with van der Waals surface area (Å²) in [5, 5.41) is 8.78. The molecular weight excluding hydrogens is 292 g/mol. The Morgan fingerprint density at radius 2 is 2.26 bits per heavy atom. The standard InChI is InChI=1S/C16H24N6O/c1-4-21-9-14(15(19-21)12(2)3)16(23)20-7-5-6-13(8-20)22-11-17-10-18-22/h9-13H,4-8H2,1-3H3/t13-/m1/s1. The Kier molecular flexibility index (Phi) is 4.45. The summed E-state index contributed by atoms with van der Waals surface area (Å²) in [4.78, 5) is 18.9. The Bertz CT molecular complexity index is 660. The molecule has 1 saturated heterocycles. The van der Waals surface area contributed by atoms with Gasteiger partial charge in [0.15, 0.2) is 0 Å². The highest BCUT2D eigenvalue weighted by Crippen LogP contribution is 2.24. The highest BCUT2D eigenvalue weighted by molar-refractivity contribution is 5.95. The third-order valence-electron chi connectivity index (χ3n) is 4.39. The van der Waals surface area contributed by atoms with Gasteiger partial charge in [0.1, 0.15) is 12.7 Å². The minimum absolute atomic E-state index is 0.0817. The van der Waals surface area contributed by atoms with Gasteiger partial charge < -0.3 is 4.90 Å². The van der Waals surface area contributed by atoms with E-state index in [0.717, 1.165) is 37.2 Å². The van der Waals surface area contributed by atoms with Crippen LogP contribution in [0.15, 0.2) is 18.9 Å². The number of carbonyl (C=O) groups is 1. The number of nitrogens with zero attached hydrogens (tertiary/aromatic N) is 6. The molecule has 0 aliphatic carbocycles. The van der Waals surface area contributed by atoms with Gasteiger partial charge in [-0.3, -0.25) is 9.48 Å². The molecule has 0 aromatic carbocycles. The molecule has 1 fully saturated rings. The first kappa shape index (κ1) is 15.7.